The van der Waals surface area contributed by atoms with Crippen LogP contribution in [0.25, 0.3) is 0 Å². The zero-order valence-electron chi connectivity index (χ0n) is 16.2. The van der Waals surface area contributed by atoms with E-state index in [2.05, 4.69) is 5.32 Å². The number of amides is 1. The van der Waals surface area contributed by atoms with Crippen LogP contribution in [0.2, 0.25) is 0 Å². The molecule has 0 bridgehead atoms. The van der Waals surface area contributed by atoms with Gasteiger partial charge in [0.15, 0.2) is 0 Å². The molecule has 0 saturated carbocycles. The monoisotopic (exact) mass is 417 g/mol. The highest BCUT2D eigenvalue weighted by molar-refractivity contribution is 7.89. The minimum absolute atomic E-state index is 0.130. The van der Waals surface area contributed by atoms with E-state index in [4.69, 9.17) is 0 Å². The van der Waals surface area contributed by atoms with E-state index in [1.165, 1.54) is 46.8 Å². The van der Waals surface area contributed by atoms with Crippen molar-refractivity contribution in [1.82, 2.24) is 4.31 Å². The molecule has 0 spiro atoms. The number of nitro benzene ring substituents is 1. The zero-order chi connectivity index (χ0) is 21.2. The molecule has 1 aliphatic heterocycles. The number of sulfonamides is 1. The topological polar surface area (TPSA) is 110 Å². The number of anilines is 1. The molecule has 1 aliphatic rings. The standard InChI is InChI=1S/C20H23N3O5S/c1-14-10-15(2)13-22(12-14)29(27,28)19-8-6-16(7-9-19)20(24)21-17-4-3-5-18(11-17)23(25)26/h3-9,11,14-15H,10,12-13H2,1-2H3,(H,21,24)/t14-,15+. The molecule has 0 unspecified atom stereocenters. The third-order valence-electron chi connectivity index (χ3n) is 4.90. The molecule has 1 saturated heterocycles. The molecular weight excluding hydrogens is 394 g/mol. The highest BCUT2D eigenvalue weighted by atomic mass is 32.2. The Morgan fingerprint density at radius 2 is 1.72 bits per heavy atom. The van der Waals surface area contributed by atoms with Gasteiger partial charge in [-0.25, -0.2) is 8.42 Å². The Bertz CT molecular complexity index is 1010. The van der Waals surface area contributed by atoms with E-state index in [1.54, 1.807) is 6.07 Å². The first-order chi connectivity index (χ1) is 13.7. The van der Waals surface area contributed by atoms with Gasteiger partial charge in [0.25, 0.3) is 11.6 Å². The predicted molar refractivity (Wildman–Crippen MR) is 109 cm³/mol. The fourth-order valence-electron chi connectivity index (χ4n) is 3.63. The van der Waals surface area contributed by atoms with Crippen LogP contribution < -0.4 is 5.32 Å². The normalized spacial score (nSPS) is 20.2. The molecule has 9 heteroatoms. The Kier molecular flexibility index (Phi) is 5.99. The summed E-state index contributed by atoms with van der Waals surface area (Å²) in [6.45, 7) is 5.06. The van der Waals surface area contributed by atoms with Crippen LogP contribution in [0.1, 0.15) is 30.6 Å². The van der Waals surface area contributed by atoms with Crippen LogP contribution in [-0.4, -0.2) is 36.6 Å². The largest absolute Gasteiger partial charge is 0.322 e. The first-order valence-electron chi connectivity index (χ1n) is 9.33. The van der Waals surface area contributed by atoms with Crippen molar-refractivity contribution in [2.24, 2.45) is 11.8 Å². The van der Waals surface area contributed by atoms with Gasteiger partial charge in [-0.1, -0.05) is 19.9 Å². The molecule has 154 valence electrons. The first kappa shape index (κ1) is 20.9. The number of hydrogen-bond acceptors (Lipinski definition) is 5. The van der Waals surface area contributed by atoms with Crippen molar-refractivity contribution in [3.05, 3.63) is 64.2 Å². The maximum Gasteiger partial charge on any atom is 0.271 e. The summed E-state index contributed by atoms with van der Waals surface area (Å²) in [4.78, 5) is 22.8. The SMILES string of the molecule is C[C@@H]1C[C@H](C)CN(S(=O)(=O)c2ccc(C(=O)Nc3cccc([N+](=O)[O-])c3)cc2)C1. The van der Waals surface area contributed by atoms with E-state index in [0.29, 0.717) is 24.9 Å². The third kappa shape index (κ3) is 4.80. The second-order valence-corrected chi connectivity index (χ2v) is 9.49. The van der Waals surface area contributed by atoms with E-state index in [1.807, 2.05) is 13.8 Å². The summed E-state index contributed by atoms with van der Waals surface area (Å²) in [5, 5.41) is 13.4. The van der Waals surface area contributed by atoms with E-state index in [9.17, 15) is 23.3 Å². The number of piperidine rings is 1. The van der Waals surface area contributed by atoms with Crippen molar-refractivity contribution in [3.63, 3.8) is 0 Å². The molecule has 0 aliphatic carbocycles. The third-order valence-corrected chi connectivity index (χ3v) is 6.75. The van der Waals surface area contributed by atoms with Crippen LogP contribution in [0.15, 0.2) is 53.4 Å². The van der Waals surface area contributed by atoms with Crippen molar-refractivity contribution in [2.45, 2.75) is 25.2 Å². The van der Waals surface area contributed by atoms with Crippen LogP contribution >= 0.6 is 0 Å². The Hall–Kier alpha value is -2.78. The van der Waals surface area contributed by atoms with Gasteiger partial charge in [0.05, 0.1) is 9.82 Å². The van der Waals surface area contributed by atoms with Gasteiger partial charge in [-0.3, -0.25) is 14.9 Å². The van der Waals surface area contributed by atoms with Gasteiger partial charge in [-0.2, -0.15) is 4.31 Å². The number of nitrogens with one attached hydrogen (secondary N) is 1. The van der Waals surface area contributed by atoms with E-state index in [0.717, 1.165) is 6.42 Å². The van der Waals surface area contributed by atoms with Crippen molar-refractivity contribution in [1.29, 1.82) is 0 Å². The molecule has 2 atom stereocenters. The molecular formula is C20H23N3O5S. The fraction of sp³-hybridized carbons (Fsp3) is 0.350. The van der Waals surface area contributed by atoms with Gasteiger partial charge >= 0.3 is 0 Å². The minimum Gasteiger partial charge on any atom is -0.322 e. The summed E-state index contributed by atoms with van der Waals surface area (Å²) >= 11 is 0. The van der Waals surface area contributed by atoms with Crippen LogP contribution in [0, 0.1) is 22.0 Å². The molecule has 1 heterocycles. The predicted octanol–water partition coefficient (Wildman–Crippen LogP) is 3.51. The summed E-state index contributed by atoms with van der Waals surface area (Å²) in [5.41, 5.74) is 0.419. The highest BCUT2D eigenvalue weighted by Crippen LogP contribution is 2.27. The lowest BCUT2D eigenvalue weighted by Crippen LogP contribution is -2.42. The van der Waals surface area contributed by atoms with Gasteiger partial charge in [0.2, 0.25) is 10.0 Å². The summed E-state index contributed by atoms with van der Waals surface area (Å²) in [7, 11) is -3.62. The number of nitro groups is 1. The van der Waals surface area contributed by atoms with Crippen molar-refractivity contribution >= 4 is 27.3 Å². The number of rotatable bonds is 5. The van der Waals surface area contributed by atoms with Gasteiger partial charge in [0, 0.05) is 36.5 Å². The van der Waals surface area contributed by atoms with Gasteiger partial charge in [-0.05, 0) is 48.6 Å². The second kappa shape index (κ2) is 8.30. The van der Waals surface area contributed by atoms with Crippen LogP contribution in [-0.2, 0) is 10.0 Å². The number of carbonyl (C=O) groups excluding carboxylic acids is 1. The van der Waals surface area contributed by atoms with Crippen LogP contribution in [0.4, 0.5) is 11.4 Å². The smallest absolute Gasteiger partial charge is 0.271 e. The number of carbonyl (C=O) groups is 1. The molecule has 8 nitrogen and oxygen atoms in total. The van der Waals surface area contributed by atoms with Crippen LogP contribution in [0.5, 0.6) is 0 Å². The lowest BCUT2D eigenvalue weighted by Gasteiger charge is -2.34. The van der Waals surface area contributed by atoms with E-state index in [-0.39, 0.29) is 21.8 Å². The first-order valence-corrected chi connectivity index (χ1v) is 10.8. The van der Waals surface area contributed by atoms with Crippen molar-refractivity contribution in [3.8, 4) is 0 Å². The van der Waals surface area contributed by atoms with E-state index < -0.39 is 20.9 Å². The Labute approximate surface area is 169 Å². The number of benzene rings is 2. The Balaban J connectivity index is 1.75. The summed E-state index contributed by atoms with van der Waals surface area (Å²) in [5.74, 6) is 0.122. The summed E-state index contributed by atoms with van der Waals surface area (Å²) in [6.07, 6.45) is 1.00. The second-order valence-electron chi connectivity index (χ2n) is 7.55. The number of nitrogens with zero attached hydrogens (tertiary/aromatic N) is 2. The summed E-state index contributed by atoms with van der Waals surface area (Å²) < 4.78 is 27.3. The lowest BCUT2D eigenvalue weighted by atomic mass is 9.94. The van der Waals surface area contributed by atoms with E-state index >= 15 is 0 Å². The highest BCUT2D eigenvalue weighted by Gasteiger charge is 2.31. The number of non-ortho nitro benzene ring substituents is 1. The van der Waals surface area contributed by atoms with Gasteiger partial charge in [-0.15, -0.1) is 0 Å². The molecule has 3 rings (SSSR count). The molecule has 2 aromatic rings. The van der Waals surface area contributed by atoms with Gasteiger partial charge < -0.3 is 5.32 Å². The van der Waals surface area contributed by atoms with Gasteiger partial charge in [0.1, 0.15) is 0 Å². The maximum atomic E-state index is 12.9. The average Bonchev–Trinajstić information content (AvgIpc) is 2.67. The van der Waals surface area contributed by atoms with Crippen LogP contribution in [0.3, 0.4) is 0 Å². The van der Waals surface area contributed by atoms with Crippen molar-refractivity contribution < 1.29 is 18.1 Å². The maximum absolute atomic E-state index is 12.9. The summed E-state index contributed by atoms with van der Waals surface area (Å²) in [6, 6.07) is 11.3. The molecule has 29 heavy (non-hydrogen) atoms. The van der Waals surface area contributed by atoms with Crippen molar-refractivity contribution in [2.75, 3.05) is 18.4 Å². The molecule has 1 amide bonds. The Morgan fingerprint density at radius 3 is 2.31 bits per heavy atom. The quantitative estimate of drug-likeness (QED) is 0.591. The molecule has 1 N–H and O–H groups in total. The zero-order valence-corrected chi connectivity index (χ0v) is 17.1. The number of hydrogen-bond donors (Lipinski definition) is 1. The molecule has 2 aromatic carbocycles. The Morgan fingerprint density at radius 1 is 1.10 bits per heavy atom. The lowest BCUT2D eigenvalue weighted by molar-refractivity contribution is -0.384. The molecule has 0 aromatic heterocycles. The fourth-order valence-corrected chi connectivity index (χ4v) is 5.31. The molecule has 1 fully saturated rings. The molecule has 0 radical (unpaired) electrons. The average molecular weight is 417 g/mol. The minimum atomic E-state index is -3.62.